The second-order valence-corrected chi connectivity index (χ2v) is 7.18. The normalized spacial score (nSPS) is 17.0. The van der Waals surface area contributed by atoms with Gasteiger partial charge in [-0.25, -0.2) is 0 Å². The molecule has 1 N–H and O–H groups in total. The minimum atomic E-state index is -0.328. The van der Waals surface area contributed by atoms with E-state index in [1.165, 1.54) is 0 Å². The number of benzene rings is 1. The monoisotopic (exact) mass is 351 g/mol. The summed E-state index contributed by atoms with van der Waals surface area (Å²) in [6.45, 7) is 7.10. The summed E-state index contributed by atoms with van der Waals surface area (Å²) in [5.41, 5.74) is 3.87. The van der Waals surface area contributed by atoms with Gasteiger partial charge in [0.05, 0.1) is 18.2 Å². The van der Waals surface area contributed by atoms with E-state index in [-0.39, 0.29) is 24.2 Å². The molecule has 1 aliphatic heterocycles. The third-order valence-electron chi connectivity index (χ3n) is 4.84. The number of hydrogen-bond donors (Lipinski definition) is 1. The fraction of sp³-hybridized carbons (Fsp3) is 0.381. The number of aryl methyl sites for hydroxylation is 1. The number of carbonyl (C=O) groups is 2. The van der Waals surface area contributed by atoms with Crippen molar-refractivity contribution in [3.05, 3.63) is 59.4 Å². The predicted octanol–water partition coefficient (Wildman–Crippen LogP) is 3.50. The van der Waals surface area contributed by atoms with Crippen molar-refractivity contribution in [3.8, 4) is 0 Å². The topological polar surface area (TPSA) is 62.3 Å². The molecule has 1 fully saturated rings. The molecule has 1 saturated heterocycles. The number of anilines is 1. The number of likely N-dealkylation sites (tertiary alicyclic amines) is 1. The highest BCUT2D eigenvalue weighted by atomic mass is 16.2. The lowest BCUT2D eigenvalue weighted by molar-refractivity contribution is -0.128. The summed E-state index contributed by atoms with van der Waals surface area (Å²) >= 11 is 0. The Balaban J connectivity index is 1.69. The van der Waals surface area contributed by atoms with E-state index in [1.54, 1.807) is 11.1 Å². The van der Waals surface area contributed by atoms with Gasteiger partial charge in [0.2, 0.25) is 11.8 Å². The standard InChI is InChI=1S/C21H25N3O2/c1-14(2)18-9-6-7-15(3)20(18)23-21(26)16-11-19(25)24(12-16)13-17-8-4-5-10-22-17/h4-10,14,16H,11-13H2,1-3H3,(H,23,26). The summed E-state index contributed by atoms with van der Waals surface area (Å²) in [5.74, 6) is -0.0929. The molecule has 0 saturated carbocycles. The molecule has 1 unspecified atom stereocenters. The fourth-order valence-electron chi connectivity index (χ4n) is 3.36. The van der Waals surface area contributed by atoms with E-state index in [0.717, 1.165) is 22.5 Å². The highest BCUT2D eigenvalue weighted by Gasteiger charge is 2.34. The second-order valence-electron chi connectivity index (χ2n) is 7.18. The summed E-state index contributed by atoms with van der Waals surface area (Å²) in [6, 6.07) is 11.7. The van der Waals surface area contributed by atoms with Crippen LogP contribution in [0, 0.1) is 12.8 Å². The van der Waals surface area contributed by atoms with Gasteiger partial charge in [-0.2, -0.15) is 0 Å². The molecular weight excluding hydrogens is 326 g/mol. The zero-order valence-electron chi connectivity index (χ0n) is 15.5. The molecule has 3 rings (SSSR count). The SMILES string of the molecule is Cc1cccc(C(C)C)c1NC(=O)C1CC(=O)N(Cc2ccccn2)C1. The average Bonchev–Trinajstić information content (AvgIpc) is 2.98. The van der Waals surface area contributed by atoms with Gasteiger partial charge in [0.25, 0.3) is 0 Å². The Kier molecular flexibility index (Phi) is 5.35. The number of para-hydroxylation sites is 1. The zero-order chi connectivity index (χ0) is 18.7. The number of nitrogens with zero attached hydrogens (tertiary/aromatic N) is 2. The average molecular weight is 351 g/mol. The maximum Gasteiger partial charge on any atom is 0.229 e. The lowest BCUT2D eigenvalue weighted by Gasteiger charge is -2.19. The second kappa shape index (κ2) is 7.68. The Labute approximate surface area is 154 Å². The first-order valence-corrected chi connectivity index (χ1v) is 9.03. The Hall–Kier alpha value is -2.69. The summed E-state index contributed by atoms with van der Waals surface area (Å²) < 4.78 is 0. The van der Waals surface area contributed by atoms with Gasteiger partial charge in [0.1, 0.15) is 0 Å². The van der Waals surface area contributed by atoms with E-state index in [4.69, 9.17) is 0 Å². The van der Waals surface area contributed by atoms with Crippen molar-refractivity contribution in [2.45, 2.75) is 39.7 Å². The molecule has 1 atom stereocenters. The molecule has 5 nitrogen and oxygen atoms in total. The van der Waals surface area contributed by atoms with Crippen LogP contribution in [0.15, 0.2) is 42.6 Å². The van der Waals surface area contributed by atoms with E-state index in [0.29, 0.717) is 19.0 Å². The molecule has 0 radical (unpaired) electrons. The Morgan fingerprint density at radius 1 is 1.27 bits per heavy atom. The van der Waals surface area contributed by atoms with Crippen LogP contribution in [0.3, 0.4) is 0 Å². The Morgan fingerprint density at radius 2 is 2.08 bits per heavy atom. The van der Waals surface area contributed by atoms with Crippen LogP contribution in [0.25, 0.3) is 0 Å². The van der Waals surface area contributed by atoms with Crippen molar-refractivity contribution in [1.29, 1.82) is 0 Å². The van der Waals surface area contributed by atoms with Gasteiger partial charge < -0.3 is 10.2 Å². The molecule has 1 aliphatic rings. The molecule has 26 heavy (non-hydrogen) atoms. The number of rotatable bonds is 5. The molecule has 0 bridgehead atoms. The maximum absolute atomic E-state index is 12.8. The predicted molar refractivity (Wildman–Crippen MR) is 102 cm³/mol. The van der Waals surface area contributed by atoms with Gasteiger partial charge in [-0.15, -0.1) is 0 Å². The summed E-state index contributed by atoms with van der Waals surface area (Å²) in [7, 11) is 0. The number of nitrogens with one attached hydrogen (secondary N) is 1. The fourth-order valence-corrected chi connectivity index (χ4v) is 3.36. The van der Waals surface area contributed by atoms with Crippen LogP contribution >= 0.6 is 0 Å². The first-order valence-electron chi connectivity index (χ1n) is 9.03. The first-order chi connectivity index (χ1) is 12.5. The summed E-state index contributed by atoms with van der Waals surface area (Å²) in [4.78, 5) is 31.1. The van der Waals surface area contributed by atoms with Gasteiger partial charge in [-0.1, -0.05) is 38.1 Å². The molecule has 0 spiro atoms. The van der Waals surface area contributed by atoms with Gasteiger partial charge in [0.15, 0.2) is 0 Å². The van der Waals surface area contributed by atoms with Crippen LogP contribution in [-0.4, -0.2) is 28.2 Å². The van der Waals surface area contributed by atoms with Crippen molar-refractivity contribution in [2.75, 3.05) is 11.9 Å². The Morgan fingerprint density at radius 3 is 2.77 bits per heavy atom. The lowest BCUT2D eigenvalue weighted by Crippen LogP contribution is -2.28. The number of hydrogen-bond acceptors (Lipinski definition) is 3. The van der Waals surface area contributed by atoms with E-state index in [1.807, 2.05) is 43.3 Å². The molecule has 0 aliphatic carbocycles. The number of carbonyl (C=O) groups excluding carboxylic acids is 2. The van der Waals surface area contributed by atoms with E-state index in [9.17, 15) is 9.59 Å². The molecule has 2 aromatic rings. The van der Waals surface area contributed by atoms with Gasteiger partial charge in [-0.3, -0.25) is 14.6 Å². The van der Waals surface area contributed by atoms with Crippen LogP contribution in [0.4, 0.5) is 5.69 Å². The highest BCUT2D eigenvalue weighted by Crippen LogP contribution is 2.29. The zero-order valence-corrected chi connectivity index (χ0v) is 15.5. The first kappa shape index (κ1) is 18.1. The molecule has 2 heterocycles. The van der Waals surface area contributed by atoms with Crippen molar-refractivity contribution >= 4 is 17.5 Å². The van der Waals surface area contributed by atoms with Crippen LogP contribution in [0.2, 0.25) is 0 Å². The molecular formula is C21H25N3O2. The summed E-state index contributed by atoms with van der Waals surface area (Å²) in [5, 5.41) is 3.07. The van der Waals surface area contributed by atoms with Crippen molar-refractivity contribution in [3.63, 3.8) is 0 Å². The highest BCUT2D eigenvalue weighted by molar-refractivity contribution is 5.98. The molecule has 5 heteroatoms. The minimum Gasteiger partial charge on any atom is -0.336 e. The smallest absolute Gasteiger partial charge is 0.229 e. The van der Waals surface area contributed by atoms with E-state index < -0.39 is 0 Å². The van der Waals surface area contributed by atoms with Gasteiger partial charge in [-0.05, 0) is 36.1 Å². The van der Waals surface area contributed by atoms with Crippen LogP contribution in [0.1, 0.15) is 43.0 Å². The molecule has 1 aromatic heterocycles. The quantitative estimate of drug-likeness (QED) is 0.897. The molecule has 1 aromatic carbocycles. The number of aromatic nitrogens is 1. The largest absolute Gasteiger partial charge is 0.336 e. The molecule has 2 amide bonds. The van der Waals surface area contributed by atoms with Crippen molar-refractivity contribution in [1.82, 2.24) is 9.88 Å². The Bertz CT molecular complexity index is 802. The summed E-state index contributed by atoms with van der Waals surface area (Å²) in [6.07, 6.45) is 1.97. The lowest BCUT2D eigenvalue weighted by atomic mass is 9.97. The minimum absolute atomic E-state index is 0.00432. The molecule has 136 valence electrons. The third-order valence-corrected chi connectivity index (χ3v) is 4.84. The van der Waals surface area contributed by atoms with Crippen molar-refractivity contribution in [2.24, 2.45) is 5.92 Å². The third kappa shape index (κ3) is 3.93. The van der Waals surface area contributed by atoms with E-state index in [2.05, 4.69) is 24.1 Å². The maximum atomic E-state index is 12.8. The number of pyridine rings is 1. The van der Waals surface area contributed by atoms with Gasteiger partial charge >= 0.3 is 0 Å². The van der Waals surface area contributed by atoms with Crippen LogP contribution < -0.4 is 5.32 Å². The van der Waals surface area contributed by atoms with Crippen LogP contribution in [-0.2, 0) is 16.1 Å². The number of amides is 2. The van der Waals surface area contributed by atoms with Crippen LogP contribution in [0.5, 0.6) is 0 Å². The van der Waals surface area contributed by atoms with Gasteiger partial charge in [0, 0.05) is 24.8 Å². The van der Waals surface area contributed by atoms with E-state index >= 15 is 0 Å². The van der Waals surface area contributed by atoms with Crippen molar-refractivity contribution < 1.29 is 9.59 Å².